The van der Waals surface area contributed by atoms with Crippen LogP contribution >= 0.6 is 0 Å². The highest BCUT2D eigenvalue weighted by molar-refractivity contribution is 6.20. The van der Waals surface area contributed by atoms with E-state index in [1.54, 1.807) is 19.1 Å². The normalized spacial score (nSPS) is 25.0. The molecule has 2 fully saturated rings. The van der Waals surface area contributed by atoms with Crippen LogP contribution in [0.2, 0.25) is 0 Å². The molecule has 4 amide bonds. The third kappa shape index (κ3) is 2.73. The van der Waals surface area contributed by atoms with Crippen LogP contribution in [0.4, 0.5) is 4.79 Å². The van der Waals surface area contributed by atoms with Gasteiger partial charge in [-0.25, -0.2) is 4.79 Å². The minimum absolute atomic E-state index is 0.0981. The first kappa shape index (κ1) is 17.3. The second-order valence-electron chi connectivity index (χ2n) is 6.89. The lowest BCUT2D eigenvalue weighted by Crippen LogP contribution is -2.65. The van der Waals surface area contributed by atoms with Gasteiger partial charge in [0.1, 0.15) is 5.41 Å². The number of ketones is 1. The number of aromatic nitrogens is 1. The van der Waals surface area contributed by atoms with Gasteiger partial charge in [-0.3, -0.25) is 29.2 Å². The maximum absolute atomic E-state index is 13.1. The van der Waals surface area contributed by atoms with Crippen LogP contribution in [0.15, 0.2) is 24.5 Å². The molecule has 25 heavy (non-hydrogen) atoms. The number of carbonyl (C=O) groups is 4. The zero-order valence-corrected chi connectivity index (χ0v) is 14.4. The van der Waals surface area contributed by atoms with Gasteiger partial charge in [0, 0.05) is 25.0 Å². The predicted octanol–water partition coefficient (Wildman–Crippen LogP) is 1.88. The van der Waals surface area contributed by atoms with Crippen LogP contribution in [-0.4, -0.2) is 52.0 Å². The van der Waals surface area contributed by atoms with Crippen LogP contribution in [0.5, 0.6) is 0 Å². The molecule has 7 heteroatoms. The number of barbiturate groups is 1. The van der Waals surface area contributed by atoms with Crippen molar-refractivity contribution in [2.75, 3.05) is 13.6 Å². The summed E-state index contributed by atoms with van der Waals surface area (Å²) in [5.74, 6) is -1.52. The Morgan fingerprint density at radius 2 is 1.92 bits per heavy atom. The van der Waals surface area contributed by atoms with E-state index in [0.29, 0.717) is 5.56 Å². The molecule has 132 valence electrons. The van der Waals surface area contributed by atoms with E-state index < -0.39 is 23.3 Å². The van der Waals surface area contributed by atoms with Gasteiger partial charge in [-0.15, -0.1) is 0 Å². The zero-order valence-electron chi connectivity index (χ0n) is 14.4. The summed E-state index contributed by atoms with van der Waals surface area (Å²) in [6.07, 6.45) is 6.42. The van der Waals surface area contributed by atoms with Crippen molar-refractivity contribution in [3.8, 4) is 0 Å². The van der Waals surface area contributed by atoms with Crippen molar-refractivity contribution in [1.82, 2.24) is 14.8 Å². The maximum Gasteiger partial charge on any atom is 0.333 e. The highest BCUT2D eigenvalue weighted by atomic mass is 16.2. The molecule has 2 heterocycles. The summed E-state index contributed by atoms with van der Waals surface area (Å²) in [7, 11) is 1.37. The Labute approximate surface area is 146 Å². The lowest BCUT2D eigenvalue weighted by atomic mass is 9.72. The van der Waals surface area contributed by atoms with Gasteiger partial charge in [-0.05, 0) is 37.8 Å². The molecule has 1 atom stereocenters. The summed E-state index contributed by atoms with van der Waals surface area (Å²) in [6, 6.07) is 2.45. The number of amides is 4. The number of nitrogens with zero attached hydrogens (tertiary/aromatic N) is 3. The van der Waals surface area contributed by atoms with E-state index in [2.05, 4.69) is 4.98 Å². The number of hydrogen-bond donors (Lipinski definition) is 0. The number of imide groups is 2. The van der Waals surface area contributed by atoms with E-state index in [1.807, 2.05) is 0 Å². The van der Waals surface area contributed by atoms with Crippen molar-refractivity contribution in [2.24, 2.45) is 11.3 Å². The van der Waals surface area contributed by atoms with Crippen molar-refractivity contribution in [3.63, 3.8) is 0 Å². The average molecular weight is 343 g/mol. The van der Waals surface area contributed by atoms with Crippen LogP contribution in [0.1, 0.15) is 43.0 Å². The quantitative estimate of drug-likeness (QED) is 0.615. The Morgan fingerprint density at radius 3 is 2.52 bits per heavy atom. The number of rotatable bonds is 4. The van der Waals surface area contributed by atoms with Crippen molar-refractivity contribution in [3.05, 3.63) is 30.1 Å². The molecule has 0 aromatic carbocycles. The highest BCUT2D eigenvalue weighted by Gasteiger charge is 2.57. The van der Waals surface area contributed by atoms with E-state index in [0.717, 1.165) is 35.5 Å². The average Bonchev–Trinajstić information content (AvgIpc) is 3.17. The Morgan fingerprint density at radius 1 is 1.24 bits per heavy atom. The first-order valence-corrected chi connectivity index (χ1v) is 8.44. The fraction of sp³-hybridized carbons (Fsp3) is 0.500. The van der Waals surface area contributed by atoms with Gasteiger partial charge < -0.3 is 0 Å². The fourth-order valence-corrected chi connectivity index (χ4v) is 3.83. The van der Waals surface area contributed by atoms with E-state index in [9.17, 15) is 19.2 Å². The van der Waals surface area contributed by atoms with Gasteiger partial charge in [0.05, 0.1) is 6.54 Å². The monoisotopic (exact) mass is 343 g/mol. The molecule has 1 unspecified atom stereocenters. The predicted molar refractivity (Wildman–Crippen MR) is 88.5 cm³/mol. The molecule has 0 spiro atoms. The maximum atomic E-state index is 13.1. The van der Waals surface area contributed by atoms with Gasteiger partial charge in [0.2, 0.25) is 11.8 Å². The summed E-state index contributed by atoms with van der Waals surface area (Å²) in [5.41, 5.74) is -0.959. The second-order valence-corrected chi connectivity index (χ2v) is 6.89. The number of carbonyl (C=O) groups excluding carboxylic acids is 4. The lowest BCUT2D eigenvalue weighted by Gasteiger charge is -2.43. The third-order valence-corrected chi connectivity index (χ3v) is 5.41. The molecule has 1 aliphatic heterocycles. The minimum Gasteiger partial charge on any atom is -0.292 e. The van der Waals surface area contributed by atoms with Crippen LogP contribution in [0.3, 0.4) is 0 Å². The fourth-order valence-electron chi connectivity index (χ4n) is 3.83. The molecule has 1 aromatic rings. The van der Waals surface area contributed by atoms with E-state index in [4.69, 9.17) is 0 Å². The Bertz CT molecular complexity index is 727. The second kappa shape index (κ2) is 6.38. The van der Waals surface area contributed by atoms with E-state index in [1.165, 1.54) is 19.4 Å². The Kier molecular flexibility index (Phi) is 4.41. The standard InChI is InChI=1S/C18H21N3O4/c1-18(13-7-3-4-8-13)15(23)20(2)17(25)21(16(18)24)11-14(22)12-6-5-9-19-10-12/h5-6,9-10,13H,3-4,7-8,11H2,1-2H3. The van der Waals surface area contributed by atoms with Crippen LogP contribution in [0.25, 0.3) is 0 Å². The lowest BCUT2D eigenvalue weighted by molar-refractivity contribution is -0.160. The zero-order chi connectivity index (χ0) is 18.2. The molecule has 1 saturated heterocycles. The Hall–Kier alpha value is -2.57. The molecular weight excluding hydrogens is 322 g/mol. The number of pyridine rings is 1. The van der Waals surface area contributed by atoms with Gasteiger partial charge in [0.15, 0.2) is 5.78 Å². The molecular formula is C18H21N3O4. The Balaban J connectivity index is 1.90. The summed E-state index contributed by atoms with van der Waals surface area (Å²) in [4.78, 5) is 56.4. The van der Waals surface area contributed by atoms with Crippen LogP contribution in [-0.2, 0) is 9.59 Å². The first-order valence-electron chi connectivity index (χ1n) is 8.44. The van der Waals surface area contributed by atoms with Crippen LogP contribution < -0.4 is 0 Å². The molecule has 7 nitrogen and oxygen atoms in total. The summed E-state index contributed by atoms with van der Waals surface area (Å²) < 4.78 is 0. The van der Waals surface area contributed by atoms with Gasteiger partial charge in [0.25, 0.3) is 0 Å². The van der Waals surface area contributed by atoms with Crippen molar-refractivity contribution < 1.29 is 19.2 Å². The summed E-state index contributed by atoms with van der Waals surface area (Å²) >= 11 is 0. The van der Waals surface area contributed by atoms with Crippen molar-refractivity contribution >= 4 is 23.6 Å². The largest absolute Gasteiger partial charge is 0.333 e. The molecule has 2 aliphatic rings. The molecule has 1 saturated carbocycles. The highest BCUT2D eigenvalue weighted by Crippen LogP contribution is 2.44. The number of Topliss-reactive ketones (excluding diaryl/α,β-unsaturated/α-hetero) is 1. The molecule has 0 bridgehead atoms. The topological polar surface area (TPSA) is 87.7 Å². The molecule has 0 radical (unpaired) electrons. The number of urea groups is 1. The number of hydrogen-bond acceptors (Lipinski definition) is 5. The molecule has 3 rings (SSSR count). The SMILES string of the molecule is CN1C(=O)N(CC(=O)c2cccnc2)C(=O)C(C)(C2CCCC2)C1=O. The third-order valence-electron chi connectivity index (χ3n) is 5.41. The van der Waals surface area contributed by atoms with E-state index >= 15 is 0 Å². The minimum atomic E-state index is -1.28. The van der Waals surface area contributed by atoms with Gasteiger partial charge in [-0.2, -0.15) is 0 Å². The molecule has 1 aromatic heterocycles. The van der Waals surface area contributed by atoms with Crippen molar-refractivity contribution in [2.45, 2.75) is 32.6 Å². The first-order chi connectivity index (χ1) is 11.9. The van der Waals surface area contributed by atoms with Gasteiger partial charge >= 0.3 is 6.03 Å². The summed E-state index contributed by atoms with van der Waals surface area (Å²) in [6.45, 7) is 1.22. The smallest absolute Gasteiger partial charge is 0.292 e. The van der Waals surface area contributed by atoms with Crippen molar-refractivity contribution in [1.29, 1.82) is 0 Å². The molecule has 0 N–H and O–H groups in total. The van der Waals surface area contributed by atoms with Crippen LogP contribution in [0, 0.1) is 11.3 Å². The molecule has 1 aliphatic carbocycles. The summed E-state index contributed by atoms with van der Waals surface area (Å²) in [5, 5.41) is 0. The van der Waals surface area contributed by atoms with E-state index in [-0.39, 0.29) is 18.2 Å². The van der Waals surface area contributed by atoms with Gasteiger partial charge in [-0.1, -0.05) is 12.8 Å².